The van der Waals surface area contributed by atoms with Crippen LogP contribution in [0.5, 0.6) is 5.75 Å². The molecule has 5 heteroatoms. The van der Waals surface area contributed by atoms with Crippen molar-refractivity contribution in [2.45, 2.75) is 20.0 Å². The molecule has 0 radical (unpaired) electrons. The maximum atomic E-state index is 11.1. The number of nitrogens with zero attached hydrogens (tertiary/aromatic N) is 1. The van der Waals surface area contributed by atoms with Crippen molar-refractivity contribution in [3.63, 3.8) is 0 Å². The molecule has 0 spiro atoms. The van der Waals surface area contributed by atoms with E-state index in [0.29, 0.717) is 24.3 Å². The molecule has 0 fully saturated rings. The number of hydrogen-bond donors (Lipinski definition) is 3. The van der Waals surface area contributed by atoms with Crippen LogP contribution in [0.1, 0.15) is 27.3 Å². The van der Waals surface area contributed by atoms with Gasteiger partial charge in [-0.1, -0.05) is 12.1 Å². The minimum atomic E-state index is -0.440. The number of amides is 1. The Morgan fingerprint density at radius 2 is 2.10 bits per heavy atom. The van der Waals surface area contributed by atoms with Crippen LogP contribution in [-0.2, 0) is 13.1 Å². The third-order valence-electron chi connectivity index (χ3n) is 2.92. The van der Waals surface area contributed by atoms with Crippen molar-refractivity contribution in [2.24, 2.45) is 5.73 Å². The Bertz CT molecular complexity index is 626. The van der Waals surface area contributed by atoms with Gasteiger partial charge in [-0.25, -0.2) is 0 Å². The molecule has 4 N–H and O–H groups in total. The van der Waals surface area contributed by atoms with Crippen molar-refractivity contribution in [3.05, 3.63) is 58.9 Å². The van der Waals surface area contributed by atoms with E-state index >= 15 is 0 Å². The highest BCUT2D eigenvalue weighted by Gasteiger charge is 2.04. The van der Waals surface area contributed by atoms with Crippen molar-refractivity contribution in [1.82, 2.24) is 10.3 Å². The number of pyridine rings is 1. The molecule has 0 atom stereocenters. The second-order valence-corrected chi connectivity index (χ2v) is 4.59. The topological polar surface area (TPSA) is 88.2 Å². The van der Waals surface area contributed by atoms with Crippen LogP contribution >= 0.6 is 0 Å². The number of primary amides is 1. The highest BCUT2D eigenvalue weighted by atomic mass is 16.3. The zero-order chi connectivity index (χ0) is 14.5. The lowest BCUT2D eigenvalue weighted by Crippen LogP contribution is -2.15. The molecule has 5 nitrogen and oxygen atoms in total. The third kappa shape index (κ3) is 3.55. The molecule has 2 aromatic rings. The molecule has 104 valence electrons. The van der Waals surface area contributed by atoms with E-state index in [1.807, 2.05) is 13.0 Å². The highest BCUT2D eigenvalue weighted by molar-refractivity contribution is 5.92. The summed E-state index contributed by atoms with van der Waals surface area (Å²) < 4.78 is 0. The average molecular weight is 271 g/mol. The summed E-state index contributed by atoms with van der Waals surface area (Å²) in [7, 11) is 0. The summed E-state index contributed by atoms with van der Waals surface area (Å²) in [5, 5.41) is 12.9. The third-order valence-corrected chi connectivity index (χ3v) is 2.92. The number of nitrogens with one attached hydrogen (secondary N) is 1. The molecule has 1 aromatic heterocycles. The van der Waals surface area contributed by atoms with Gasteiger partial charge in [0.15, 0.2) is 0 Å². The van der Waals surface area contributed by atoms with Crippen molar-refractivity contribution in [2.75, 3.05) is 0 Å². The number of rotatable bonds is 5. The molecule has 0 aliphatic heterocycles. The first-order valence-corrected chi connectivity index (χ1v) is 6.31. The average Bonchev–Trinajstić information content (AvgIpc) is 2.43. The molecule has 0 aliphatic rings. The summed E-state index contributed by atoms with van der Waals surface area (Å²) in [6.45, 7) is 2.89. The quantitative estimate of drug-likeness (QED) is 0.768. The van der Waals surface area contributed by atoms with Gasteiger partial charge in [-0.2, -0.15) is 0 Å². The molecule has 2 rings (SSSR count). The Morgan fingerprint density at radius 1 is 1.30 bits per heavy atom. The van der Waals surface area contributed by atoms with Crippen LogP contribution in [-0.4, -0.2) is 16.0 Å². The van der Waals surface area contributed by atoms with Gasteiger partial charge in [-0.3, -0.25) is 9.78 Å². The summed E-state index contributed by atoms with van der Waals surface area (Å²) in [4.78, 5) is 15.4. The first-order valence-electron chi connectivity index (χ1n) is 6.31. The summed E-state index contributed by atoms with van der Waals surface area (Å²) in [5.74, 6) is -0.265. The number of aryl methyl sites for hydroxylation is 1. The lowest BCUT2D eigenvalue weighted by atomic mass is 10.1. The molecule has 1 aromatic carbocycles. The smallest absolute Gasteiger partial charge is 0.248 e. The van der Waals surface area contributed by atoms with E-state index in [-0.39, 0.29) is 5.75 Å². The highest BCUT2D eigenvalue weighted by Crippen LogP contribution is 2.14. The van der Waals surface area contributed by atoms with Crippen LogP contribution in [0.3, 0.4) is 0 Å². The first kappa shape index (κ1) is 14.0. The number of benzene rings is 1. The first-order chi connectivity index (χ1) is 9.56. The van der Waals surface area contributed by atoms with E-state index in [0.717, 1.165) is 11.3 Å². The Kier molecular flexibility index (Phi) is 4.32. The second-order valence-electron chi connectivity index (χ2n) is 4.59. The summed E-state index contributed by atoms with van der Waals surface area (Å²) in [5.41, 5.74) is 8.14. The molecular formula is C15H17N3O2. The number of nitrogens with two attached hydrogens (primary N) is 1. The number of aromatic nitrogens is 1. The van der Waals surface area contributed by atoms with Gasteiger partial charge < -0.3 is 16.2 Å². The number of aromatic hydroxyl groups is 1. The normalized spacial score (nSPS) is 10.4. The molecule has 20 heavy (non-hydrogen) atoms. The minimum absolute atomic E-state index is 0.175. The second kappa shape index (κ2) is 6.16. The van der Waals surface area contributed by atoms with E-state index in [4.69, 9.17) is 5.73 Å². The van der Waals surface area contributed by atoms with Crippen molar-refractivity contribution < 1.29 is 9.90 Å². The predicted octanol–water partition coefficient (Wildman–Crippen LogP) is 1.48. The molecule has 0 bridgehead atoms. The van der Waals surface area contributed by atoms with E-state index in [1.165, 1.54) is 0 Å². The molecule has 0 aliphatic carbocycles. The maximum absolute atomic E-state index is 11.1. The predicted molar refractivity (Wildman–Crippen MR) is 76.1 cm³/mol. The SMILES string of the molecule is Cc1ccc(O)c(CNCc2cccc(C(N)=O)c2)n1. The Balaban J connectivity index is 1.97. The number of carbonyl (C=O) groups excluding carboxylic acids is 1. The lowest BCUT2D eigenvalue weighted by Gasteiger charge is -2.07. The van der Waals surface area contributed by atoms with E-state index in [9.17, 15) is 9.90 Å². The van der Waals surface area contributed by atoms with Gasteiger partial charge in [-0.05, 0) is 36.8 Å². The van der Waals surface area contributed by atoms with E-state index in [2.05, 4.69) is 10.3 Å². The Labute approximate surface area is 117 Å². The van der Waals surface area contributed by atoms with Gasteiger partial charge in [0.25, 0.3) is 0 Å². The van der Waals surface area contributed by atoms with Crippen molar-refractivity contribution in [3.8, 4) is 5.75 Å². The molecule has 0 saturated heterocycles. The molecule has 0 unspecified atom stereocenters. The van der Waals surface area contributed by atoms with Crippen molar-refractivity contribution in [1.29, 1.82) is 0 Å². The zero-order valence-electron chi connectivity index (χ0n) is 11.3. The van der Waals surface area contributed by atoms with Crippen LogP contribution in [0, 0.1) is 6.92 Å². The van der Waals surface area contributed by atoms with Gasteiger partial charge in [0, 0.05) is 24.3 Å². The van der Waals surface area contributed by atoms with Crippen molar-refractivity contribution >= 4 is 5.91 Å². The molecule has 0 saturated carbocycles. The minimum Gasteiger partial charge on any atom is -0.506 e. The zero-order valence-corrected chi connectivity index (χ0v) is 11.3. The molecule has 1 amide bonds. The summed E-state index contributed by atoms with van der Waals surface area (Å²) in [6, 6.07) is 10.5. The fraction of sp³-hybridized carbons (Fsp3) is 0.200. The lowest BCUT2D eigenvalue weighted by molar-refractivity contribution is 0.1000. The van der Waals surface area contributed by atoms with E-state index < -0.39 is 5.91 Å². The van der Waals surface area contributed by atoms with Gasteiger partial charge in [-0.15, -0.1) is 0 Å². The molecule has 1 heterocycles. The number of hydrogen-bond acceptors (Lipinski definition) is 4. The summed E-state index contributed by atoms with van der Waals surface area (Å²) >= 11 is 0. The van der Waals surface area contributed by atoms with Crippen LogP contribution < -0.4 is 11.1 Å². The standard InChI is InChI=1S/C15H17N3O2/c1-10-5-6-14(19)13(18-10)9-17-8-11-3-2-4-12(7-11)15(16)20/h2-7,17,19H,8-9H2,1H3,(H2,16,20). The maximum Gasteiger partial charge on any atom is 0.248 e. The monoisotopic (exact) mass is 271 g/mol. The van der Waals surface area contributed by atoms with Gasteiger partial charge in [0.05, 0.1) is 5.69 Å². The van der Waals surface area contributed by atoms with Gasteiger partial charge in [0.1, 0.15) is 5.75 Å². The van der Waals surface area contributed by atoms with Crippen LogP contribution in [0.15, 0.2) is 36.4 Å². The van der Waals surface area contributed by atoms with Crippen LogP contribution in [0.4, 0.5) is 0 Å². The largest absolute Gasteiger partial charge is 0.506 e. The van der Waals surface area contributed by atoms with Crippen LogP contribution in [0.2, 0.25) is 0 Å². The molecular weight excluding hydrogens is 254 g/mol. The van der Waals surface area contributed by atoms with Gasteiger partial charge in [0.2, 0.25) is 5.91 Å². The fourth-order valence-corrected chi connectivity index (χ4v) is 1.89. The Morgan fingerprint density at radius 3 is 2.85 bits per heavy atom. The number of carbonyl (C=O) groups is 1. The Hall–Kier alpha value is -2.40. The van der Waals surface area contributed by atoms with E-state index in [1.54, 1.807) is 30.3 Å². The summed E-state index contributed by atoms with van der Waals surface area (Å²) in [6.07, 6.45) is 0. The fourth-order valence-electron chi connectivity index (χ4n) is 1.89. The van der Waals surface area contributed by atoms with Gasteiger partial charge >= 0.3 is 0 Å². The van der Waals surface area contributed by atoms with Crippen LogP contribution in [0.25, 0.3) is 0 Å².